The highest BCUT2D eigenvalue weighted by Crippen LogP contribution is 2.42. The largest absolute Gasteiger partial charge is 0.366 e. The second-order valence-electron chi connectivity index (χ2n) is 5.15. The van der Waals surface area contributed by atoms with E-state index < -0.39 is 0 Å². The molecule has 1 aliphatic heterocycles. The summed E-state index contributed by atoms with van der Waals surface area (Å²) in [6.07, 6.45) is 2.37. The Morgan fingerprint density at radius 1 is 0.833 bits per heavy atom. The van der Waals surface area contributed by atoms with Gasteiger partial charge >= 0.3 is 0 Å². The number of hydrogen-bond donors (Lipinski definition) is 0. The van der Waals surface area contributed by atoms with Crippen LogP contribution in [0.4, 0.5) is 0 Å². The van der Waals surface area contributed by atoms with E-state index in [2.05, 4.69) is 67.6 Å². The van der Waals surface area contributed by atoms with Crippen molar-refractivity contribution in [2.45, 2.75) is 31.5 Å². The van der Waals surface area contributed by atoms with Gasteiger partial charge in [0.05, 0.1) is 6.10 Å². The van der Waals surface area contributed by atoms with Gasteiger partial charge in [-0.15, -0.1) is 0 Å². The minimum Gasteiger partial charge on any atom is -0.366 e. The molecule has 0 bridgehead atoms. The molecule has 1 aliphatic rings. The molecule has 1 heterocycles. The summed E-state index contributed by atoms with van der Waals surface area (Å²) in [6.45, 7) is 2.17. The molecule has 0 N–H and O–H groups in total. The van der Waals surface area contributed by atoms with Gasteiger partial charge in [-0.2, -0.15) is 0 Å². The van der Waals surface area contributed by atoms with Gasteiger partial charge in [-0.05, 0) is 18.1 Å². The molecule has 3 rings (SSSR count). The molecule has 1 atom stereocenters. The third-order valence-corrected chi connectivity index (χ3v) is 3.79. The second-order valence-corrected chi connectivity index (χ2v) is 5.15. The maximum atomic E-state index is 5.91. The molecule has 1 fully saturated rings. The smallest absolute Gasteiger partial charge is 0.103 e. The van der Waals surface area contributed by atoms with Crippen molar-refractivity contribution in [3.8, 4) is 0 Å². The molecule has 2 aromatic carbocycles. The summed E-state index contributed by atoms with van der Waals surface area (Å²) in [4.78, 5) is 0. The van der Waals surface area contributed by atoms with Gasteiger partial charge in [0, 0.05) is 12.8 Å². The van der Waals surface area contributed by atoms with Gasteiger partial charge in [-0.3, -0.25) is 0 Å². The Kier molecular flexibility index (Phi) is 2.92. The normalized spacial score (nSPS) is 20.6. The van der Waals surface area contributed by atoms with Crippen molar-refractivity contribution in [2.24, 2.45) is 0 Å². The third kappa shape index (κ3) is 2.32. The Morgan fingerprint density at radius 3 is 1.56 bits per heavy atom. The van der Waals surface area contributed by atoms with Gasteiger partial charge in [0.25, 0.3) is 0 Å². The van der Waals surface area contributed by atoms with Crippen molar-refractivity contribution in [3.63, 3.8) is 0 Å². The van der Waals surface area contributed by atoms with Crippen molar-refractivity contribution in [1.82, 2.24) is 0 Å². The molecule has 1 heteroatoms. The average molecular weight is 238 g/mol. The zero-order valence-corrected chi connectivity index (χ0v) is 10.7. The van der Waals surface area contributed by atoms with Crippen molar-refractivity contribution in [3.05, 3.63) is 71.8 Å². The first-order chi connectivity index (χ1) is 8.78. The van der Waals surface area contributed by atoms with Crippen LogP contribution in [0, 0.1) is 0 Å². The number of epoxide rings is 1. The number of rotatable bonds is 4. The minimum atomic E-state index is 0.0166. The topological polar surface area (TPSA) is 12.5 Å². The predicted molar refractivity (Wildman–Crippen MR) is 73.6 cm³/mol. The maximum Gasteiger partial charge on any atom is 0.103 e. The van der Waals surface area contributed by atoms with E-state index >= 15 is 0 Å². The molecule has 1 nitrogen and oxygen atoms in total. The highest BCUT2D eigenvalue weighted by molar-refractivity contribution is 5.25. The lowest BCUT2D eigenvalue weighted by atomic mass is 9.90. The van der Waals surface area contributed by atoms with E-state index in [9.17, 15) is 0 Å². The Labute approximate surface area is 108 Å². The summed E-state index contributed by atoms with van der Waals surface area (Å²) < 4.78 is 5.91. The second kappa shape index (κ2) is 4.58. The van der Waals surface area contributed by atoms with E-state index in [0.717, 1.165) is 12.8 Å². The molecule has 1 unspecified atom stereocenters. The van der Waals surface area contributed by atoms with E-state index in [4.69, 9.17) is 4.74 Å². The summed E-state index contributed by atoms with van der Waals surface area (Å²) in [5, 5.41) is 0. The van der Waals surface area contributed by atoms with E-state index in [-0.39, 0.29) is 5.60 Å². The Morgan fingerprint density at radius 2 is 1.22 bits per heavy atom. The lowest BCUT2D eigenvalue weighted by molar-refractivity contribution is 0.291. The van der Waals surface area contributed by atoms with Crippen LogP contribution < -0.4 is 0 Å². The molecule has 92 valence electrons. The average Bonchev–Trinajstić information content (AvgIpc) is 3.01. The molecule has 2 aromatic rings. The first-order valence-corrected chi connectivity index (χ1v) is 6.54. The Hall–Kier alpha value is -1.60. The highest BCUT2D eigenvalue weighted by atomic mass is 16.6. The van der Waals surface area contributed by atoms with Gasteiger partial charge in [-0.25, -0.2) is 0 Å². The molecule has 0 saturated carbocycles. The molecular weight excluding hydrogens is 220 g/mol. The van der Waals surface area contributed by atoms with Crippen LogP contribution in [0.25, 0.3) is 0 Å². The van der Waals surface area contributed by atoms with Gasteiger partial charge in [0.15, 0.2) is 0 Å². The molecule has 1 saturated heterocycles. The predicted octanol–water partition coefficient (Wildman–Crippen LogP) is 3.63. The van der Waals surface area contributed by atoms with Crippen LogP contribution in [-0.2, 0) is 17.6 Å². The molecule has 0 aromatic heterocycles. The van der Waals surface area contributed by atoms with Crippen LogP contribution in [0.15, 0.2) is 60.7 Å². The van der Waals surface area contributed by atoms with Crippen LogP contribution in [0.3, 0.4) is 0 Å². The maximum absolute atomic E-state index is 5.91. The van der Waals surface area contributed by atoms with Crippen LogP contribution in [0.2, 0.25) is 0 Å². The van der Waals surface area contributed by atoms with Gasteiger partial charge in [0.2, 0.25) is 0 Å². The highest BCUT2D eigenvalue weighted by Gasteiger charge is 2.52. The lowest BCUT2D eigenvalue weighted by Crippen LogP contribution is -2.21. The minimum absolute atomic E-state index is 0.0166. The zero-order valence-electron chi connectivity index (χ0n) is 10.7. The SMILES string of the molecule is CC1OC1(Cc1ccccc1)Cc1ccccc1. The van der Waals surface area contributed by atoms with Crippen molar-refractivity contribution in [2.75, 3.05) is 0 Å². The zero-order chi connectivity index (χ0) is 12.4. The molecule has 0 spiro atoms. The fourth-order valence-electron chi connectivity index (χ4n) is 2.63. The molecule has 0 amide bonds. The summed E-state index contributed by atoms with van der Waals surface area (Å²) in [7, 11) is 0. The summed E-state index contributed by atoms with van der Waals surface area (Å²) >= 11 is 0. The first kappa shape index (κ1) is 11.5. The van der Waals surface area contributed by atoms with Crippen LogP contribution in [-0.4, -0.2) is 11.7 Å². The first-order valence-electron chi connectivity index (χ1n) is 6.54. The molecule has 0 radical (unpaired) electrons. The van der Waals surface area contributed by atoms with Crippen LogP contribution in [0.1, 0.15) is 18.1 Å². The van der Waals surface area contributed by atoms with E-state index in [1.54, 1.807) is 0 Å². The number of hydrogen-bond acceptors (Lipinski definition) is 1. The van der Waals surface area contributed by atoms with Crippen molar-refractivity contribution >= 4 is 0 Å². The monoisotopic (exact) mass is 238 g/mol. The van der Waals surface area contributed by atoms with E-state index in [0.29, 0.717) is 6.10 Å². The Balaban J connectivity index is 1.76. The van der Waals surface area contributed by atoms with E-state index in [1.807, 2.05) is 0 Å². The van der Waals surface area contributed by atoms with Gasteiger partial charge < -0.3 is 4.74 Å². The van der Waals surface area contributed by atoms with Crippen LogP contribution >= 0.6 is 0 Å². The fraction of sp³-hybridized carbons (Fsp3) is 0.294. The molecule has 0 aliphatic carbocycles. The standard InChI is InChI=1S/C17H18O/c1-14-17(18-14,12-15-8-4-2-5-9-15)13-16-10-6-3-7-11-16/h2-11,14H,12-13H2,1H3. The number of ether oxygens (including phenoxy) is 1. The van der Waals surface area contributed by atoms with Crippen molar-refractivity contribution in [1.29, 1.82) is 0 Å². The third-order valence-electron chi connectivity index (χ3n) is 3.79. The molecule has 18 heavy (non-hydrogen) atoms. The fourth-order valence-corrected chi connectivity index (χ4v) is 2.63. The summed E-state index contributed by atoms with van der Waals surface area (Å²) in [5.41, 5.74) is 2.73. The van der Waals surface area contributed by atoms with Crippen molar-refractivity contribution < 1.29 is 4.74 Å². The van der Waals surface area contributed by atoms with Crippen LogP contribution in [0.5, 0.6) is 0 Å². The molecular formula is C17H18O. The lowest BCUT2D eigenvalue weighted by Gasteiger charge is -2.13. The van der Waals surface area contributed by atoms with E-state index in [1.165, 1.54) is 11.1 Å². The van der Waals surface area contributed by atoms with Gasteiger partial charge in [0.1, 0.15) is 5.60 Å². The summed E-state index contributed by atoms with van der Waals surface area (Å²) in [5.74, 6) is 0. The summed E-state index contributed by atoms with van der Waals surface area (Å²) in [6, 6.07) is 21.2. The quantitative estimate of drug-likeness (QED) is 0.741. The number of benzene rings is 2. The van der Waals surface area contributed by atoms with Gasteiger partial charge in [-0.1, -0.05) is 60.7 Å². The Bertz CT molecular complexity index is 462.